The van der Waals surface area contributed by atoms with Gasteiger partial charge in [-0.25, -0.2) is 9.97 Å². The van der Waals surface area contributed by atoms with Gasteiger partial charge in [0.15, 0.2) is 0 Å². The molecular weight excluding hydrogens is 226 g/mol. The van der Waals surface area contributed by atoms with E-state index in [0.29, 0.717) is 0 Å². The third kappa shape index (κ3) is 2.65. The topological polar surface area (TPSA) is 49.2 Å². The van der Waals surface area contributed by atoms with Gasteiger partial charge in [-0.1, -0.05) is 12.1 Å². The Labute approximate surface area is 107 Å². The highest BCUT2D eigenvalue weighted by Crippen LogP contribution is 2.26. The Balaban J connectivity index is 2.37. The predicted octanol–water partition coefficient (Wildman–Crippen LogP) is 3.14. The van der Waals surface area contributed by atoms with E-state index in [1.807, 2.05) is 45.0 Å². The first-order valence-electron chi connectivity index (χ1n) is 5.83. The maximum Gasteiger partial charge on any atom is 0.115 e. The van der Waals surface area contributed by atoms with Crippen LogP contribution in [0.25, 0.3) is 11.1 Å². The fraction of sp³-hybridized carbons (Fsp3) is 0.286. The molecule has 0 saturated heterocycles. The van der Waals surface area contributed by atoms with E-state index in [1.165, 1.54) is 11.4 Å². The molecule has 0 aliphatic heterocycles. The second-order valence-corrected chi connectivity index (χ2v) is 5.16. The summed E-state index contributed by atoms with van der Waals surface area (Å²) in [6.07, 6.45) is 5.01. The van der Waals surface area contributed by atoms with Crippen molar-refractivity contribution in [3.63, 3.8) is 0 Å². The summed E-state index contributed by atoms with van der Waals surface area (Å²) in [4.78, 5) is 7.99. The molecule has 0 radical (unpaired) electrons. The zero-order valence-electron chi connectivity index (χ0n) is 10.8. The van der Waals surface area contributed by atoms with Gasteiger partial charge in [0.05, 0.1) is 11.2 Å². The van der Waals surface area contributed by atoms with E-state index in [1.54, 1.807) is 12.4 Å². The highest BCUT2D eigenvalue weighted by Gasteiger charge is 2.20. The molecule has 1 N–H and O–H groups in total. The van der Waals surface area contributed by atoms with E-state index in [0.717, 1.165) is 16.8 Å². The quantitative estimate of drug-likeness (QED) is 0.823. The van der Waals surface area contributed by atoms with Gasteiger partial charge in [-0.3, -0.25) is 10.3 Å². The molecule has 18 heavy (non-hydrogen) atoms. The largest absolute Gasteiger partial charge is 0.288 e. The number of hydroxylamine groups is 1. The van der Waals surface area contributed by atoms with Crippen molar-refractivity contribution < 1.29 is 5.21 Å². The highest BCUT2D eigenvalue weighted by molar-refractivity contribution is 5.67. The number of anilines is 1. The van der Waals surface area contributed by atoms with Gasteiger partial charge in [0, 0.05) is 18.0 Å². The summed E-state index contributed by atoms with van der Waals surface area (Å²) in [7, 11) is 0. The molecule has 2 aromatic rings. The molecule has 0 aliphatic rings. The summed E-state index contributed by atoms with van der Waals surface area (Å²) < 4.78 is 0. The summed E-state index contributed by atoms with van der Waals surface area (Å²) in [6.45, 7) is 5.85. The molecule has 0 amide bonds. The fourth-order valence-corrected chi connectivity index (χ4v) is 1.65. The van der Waals surface area contributed by atoms with Gasteiger partial charge in [-0.15, -0.1) is 0 Å². The van der Waals surface area contributed by atoms with Crippen LogP contribution < -0.4 is 5.06 Å². The third-order valence-corrected chi connectivity index (χ3v) is 2.62. The van der Waals surface area contributed by atoms with Crippen LogP contribution in [0.5, 0.6) is 0 Å². The van der Waals surface area contributed by atoms with Gasteiger partial charge in [-0.2, -0.15) is 0 Å². The SMILES string of the molecule is CC(C)(C)N(O)c1cccc(-c2cncnc2)c1. The van der Waals surface area contributed by atoms with Crippen LogP contribution >= 0.6 is 0 Å². The van der Waals surface area contributed by atoms with Crippen LogP contribution in [0.1, 0.15) is 20.8 Å². The van der Waals surface area contributed by atoms with Gasteiger partial charge in [0.25, 0.3) is 0 Å². The van der Waals surface area contributed by atoms with Crippen molar-refractivity contribution in [2.45, 2.75) is 26.3 Å². The Bertz CT molecular complexity index is 520. The first kappa shape index (κ1) is 12.5. The minimum Gasteiger partial charge on any atom is -0.288 e. The molecule has 0 spiro atoms. The lowest BCUT2D eigenvalue weighted by atomic mass is 10.1. The second-order valence-electron chi connectivity index (χ2n) is 5.16. The second kappa shape index (κ2) is 4.74. The third-order valence-electron chi connectivity index (χ3n) is 2.62. The van der Waals surface area contributed by atoms with Crippen molar-refractivity contribution in [3.05, 3.63) is 43.0 Å². The number of aromatic nitrogens is 2. The molecule has 1 aromatic carbocycles. The van der Waals surface area contributed by atoms with Crippen molar-refractivity contribution >= 4 is 5.69 Å². The van der Waals surface area contributed by atoms with Gasteiger partial charge < -0.3 is 0 Å². The van der Waals surface area contributed by atoms with Crippen LogP contribution in [0.2, 0.25) is 0 Å². The van der Waals surface area contributed by atoms with Crippen LogP contribution in [0.3, 0.4) is 0 Å². The molecule has 1 aromatic heterocycles. The van der Waals surface area contributed by atoms with E-state index in [-0.39, 0.29) is 5.54 Å². The monoisotopic (exact) mass is 243 g/mol. The van der Waals surface area contributed by atoms with E-state index in [4.69, 9.17) is 0 Å². The van der Waals surface area contributed by atoms with E-state index in [2.05, 4.69) is 9.97 Å². The van der Waals surface area contributed by atoms with E-state index < -0.39 is 0 Å². The molecule has 0 aliphatic carbocycles. The van der Waals surface area contributed by atoms with Gasteiger partial charge in [0.1, 0.15) is 6.33 Å². The molecule has 4 heteroatoms. The first-order valence-corrected chi connectivity index (χ1v) is 5.83. The van der Waals surface area contributed by atoms with Crippen LogP contribution in [0.15, 0.2) is 43.0 Å². The lowest BCUT2D eigenvalue weighted by Gasteiger charge is -2.31. The summed E-state index contributed by atoms with van der Waals surface area (Å²) >= 11 is 0. The van der Waals surface area contributed by atoms with Crippen molar-refractivity contribution in [3.8, 4) is 11.1 Å². The molecule has 94 valence electrons. The Morgan fingerprint density at radius 3 is 2.33 bits per heavy atom. The lowest BCUT2D eigenvalue weighted by Crippen LogP contribution is -2.38. The molecule has 0 unspecified atom stereocenters. The first-order chi connectivity index (χ1) is 8.48. The van der Waals surface area contributed by atoms with Crippen molar-refractivity contribution in [1.82, 2.24) is 9.97 Å². The summed E-state index contributed by atoms with van der Waals surface area (Å²) in [6, 6.07) is 7.67. The standard InChI is InChI=1S/C14H17N3O/c1-14(2,3)17(18)13-6-4-5-11(7-13)12-8-15-10-16-9-12/h4-10,18H,1-3H3. The Kier molecular flexibility index (Phi) is 3.30. The van der Waals surface area contributed by atoms with Crippen molar-refractivity contribution in [1.29, 1.82) is 0 Å². The molecule has 4 nitrogen and oxygen atoms in total. The number of hydrogen-bond donors (Lipinski definition) is 1. The predicted molar refractivity (Wildman–Crippen MR) is 71.5 cm³/mol. The average molecular weight is 243 g/mol. The number of nitrogens with zero attached hydrogens (tertiary/aromatic N) is 3. The number of rotatable bonds is 2. The molecule has 0 bridgehead atoms. The molecule has 2 rings (SSSR count). The fourth-order valence-electron chi connectivity index (χ4n) is 1.65. The van der Waals surface area contributed by atoms with Gasteiger partial charge in [0.2, 0.25) is 0 Å². The van der Waals surface area contributed by atoms with Crippen LogP contribution in [-0.2, 0) is 0 Å². The minimum absolute atomic E-state index is 0.341. The number of benzene rings is 1. The summed E-state index contributed by atoms with van der Waals surface area (Å²) in [5.41, 5.74) is 2.33. The van der Waals surface area contributed by atoms with E-state index >= 15 is 0 Å². The van der Waals surface area contributed by atoms with Gasteiger partial charge >= 0.3 is 0 Å². The minimum atomic E-state index is -0.341. The van der Waals surface area contributed by atoms with Crippen LogP contribution in [0, 0.1) is 0 Å². The number of hydrogen-bond acceptors (Lipinski definition) is 4. The molecule has 0 fully saturated rings. The maximum atomic E-state index is 10.1. The normalized spacial score (nSPS) is 11.3. The molecule has 0 saturated carbocycles. The maximum absolute atomic E-state index is 10.1. The Hall–Kier alpha value is -1.94. The Morgan fingerprint density at radius 1 is 1.06 bits per heavy atom. The molecule has 1 heterocycles. The van der Waals surface area contributed by atoms with E-state index in [9.17, 15) is 5.21 Å². The van der Waals surface area contributed by atoms with Gasteiger partial charge in [-0.05, 0) is 38.5 Å². The molecule has 0 atom stereocenters. The zero-order valence-corrected chi connectivity index (χ0v) is 10.8. The summed E-state index contributed by atoms with van der Waals surface area (Å²) in [5, 5.41) is 11.4. The molecular formula is C14H17N3O. The lowest BCUT2D eigenvalue weighted by molar-refractivity contribution is 0.181. The Morgan fingerprint density at radius 2 is 1.72 bits per heavy atom. The summed E-state index contributed by atoms with van der Waals surface area (Å²) in [5.74, 6) is 0. The van der Waals surface area contributed by atoms with Crippen molar-refractivity contribution in [2.24, 2.45) is 0 Å². The average Bonchev–Trinajstić information content (AvgIpc) is 2.38. The highest BCUT2D eigenvalue weighted by atomic mass is 16.5. The van der Waals surface area contributed by atoms with Crippen molar-refractivity contribution in [2.75, 3.05) is 5.06 Å². The van der Waals surface area contributed by atoms with Crippen LogP contribution in [0.4, 0.5) is 5.69 Å². The van der Waals surface area contributed by atoms with Crippen LogP contribution in [-0.4, -0.2) is 20.7 Å². The smallest absolute Gasteiger partial charge is 0.115 e. The zero-order chi connectivity index (χ0) is 13.2.